The second-order valence-corrected chi connectivity index (χ2v) is 3.99. The average Bonchev–Trinajstić information content (AvgIpc) is 2.39. The second kappa shape index (κ2) is 4.94. The topological polar surface area (TPSA) is 55.7 Å². The van der Waals surface area contributed by atoms with Crippen molar-refractivity contribution < 1.29 is 4.79 Å². The van der Waals surface area contributed by atoms with E-state index in [1.807, 2.05) is 0 Å². The Morgan fingerprint density at radius 1 is 1.19 bits per heavy atom. The van der Waals surface area contributed by atoms with Crippen molar-refractivity contribution in [2.24, 2.45) is 0 Å². The number of aromatic nitrogens is 3. The van der Waals surface area contributed by atoms with E-state index in [0.29, 0.717) is 11.4 Å². The van der Waals surface area contributed by atoms with Crippen molar-refractivity contribution >= 4 is 21.7 Å². The third-order valence-corrected chi connectivity index (χ3v) is 2.88. The number of rotatable bonds is 3. The number of ketones is 1. The molecule has 0 saturated carbocycles. The molecule has 2 aromatic heterocycles. The first-order valence-electron chi connectivity index (χ1n) is 4.64. The molecule has 1 unspecified atom stereocenters. The minimum atomic E-state index is -0.504. The standard InChI is InChI=1S/C11H8BrN3O/c12-10(9-7-13-5-6-15-9)11(16)8-3-1-2-4-14-8/h1-7,10H. The lowest BCUT2D eigenvalue weighted by atomic mass is 10.1. The highest BCUT2D eigenvalue weighted by Gasteiger charge is 2.20. The molecule has 0 aliphatic carbocycles. The van der Waals surface area contributed by atoms with Gasteiger partial charge in [-0.05, 0) is 12.1 Å². The first kappa shape index (κ1) is 10.9. The van der Waals surface area contributed by atoms with Gasteiger partial charge in [0, 0.05) is 24.8 Å². The molecule has 5 heteroatoms. The molecule has 0 aromatic carbocycles. The van der Waals surface area contributed by atoms with Gasteiger partial charge < -0.3 is 0 Å². The molecule has 0 aliphatic rings. The Balaban J connectivity index is 2.24. The molecule has 2 aromatic rings. The van der Waals surface area contributed by atoms with E-state index in [4.69, 9.17) is 0 Å². The Labute approximate surface area is 101 Å². The van der Waals surface area contributed by atoms with Gasteiger partial charge in [-0.1, -0.05) is 22.0 Å². The number of carbonyl (C=O) groups excluding carboxylic acids is 1. The Morgan fingerprint density at radius 3 is 2.69 bits per heavy atom. The fraction of sp³-hybridized carbons (Fsp3) is 0.0909. The van der Waals surface area contributed by atoms with Crippen LogP contribution in [0.4, 0.5) is 0 Å². The lowest BCUT2D eigenvalue weighted by molar-refractivity contribution is 0.0985. The summed E-state index contributed by atoms with van der Waals surface area (Å²) in [5, 5.41) is 0. The Bertz CT molecular complexity index is 475. The lowest BCUT2D eigenvalue weighted by Crippen LogP contribution is -2.10. The summed E-state index contributed by atoms with van der Waals surface area (Å²) in [5.41, 5.74) is 0.994. The molecule has 4 nitrogen and oxygen atoms in total. The maximum atomic E-state index is 12.0. The summed E-state index contributed by atoms with van der Waals surface area (Å²) in [7, 11) is 0. The van der Waals surface area contributed by atoms with Crippen LogP contribution in [-0.2, 0) is 0 Å². The summed E-state index contributed by atoms with van der Waals surface area (Å²) in [6, 6.07) is 5.21. The fourth-order valence-corrected chi connectivity index (χ4v) is 1.69. The molecule has 80 valence electrons. The maximum absolute atomic E-state index is 12.0. The molecular weight excluding hydrogens is 270 g/mol. The molecule has 16 heavy (non-hydrogen) atoms. The largest absolute Gasteiger partial charge is 0.291 e. The van der Waals surface area contributed by atoms with E-state index in [-0.39, 0.29) is 5.78 Å². The van der Waals surface area contributed by atoms with Crippen LogP contribution < -0.4 is 0 Å². The van der Waals surface area contributed by atoms with E-state index in [1.165, 1.54) is 0 Å². The average molecular weight is 278 g/mol. The zero-order valence-corrected chi connectivity index (χ0v) is 9.83. The van der Waals surface area contributed by atoms with E-state index < -0.39 is 4.83 Å². The van der Waals surface area contributed by atoms with Crippen molar-refractivity contribution in [2.75, 3.05) is 0 Å². The van der Waals surface area contributed by atoms with Gasteiger partial charge in [0.1, 0.15) is 10.5 Å². The van der Waals surface area contributed by atoms with Crippen molar-refractivity contribution in [1.29, 1.82) is 0 Å². The second-order valence-electron chi connectivity index (χ2n) is 3.07. The van der Waals surface area contributed by atoms with E-state index in [9.17, 15) is 4.79 Å². The maximum Gasteiger partial charge on any atom is 0.200 e. The highest BCUT2D eigenvalue weighted by molar-refractivity contribution is 9.09. The van der Waals surface area contributed by atoms with Gasteiger partial charge in [0.15, 0.2) is 0 Å². The van der Waals surface area contributed by atoms with Crippen LogP contribution in [0.2, 0.25) is 0 Å². The Hall–Kier alpha value is -1.62. The number of alkyl halides is 1. The van der Waals surface area contributed by atoms with Gasteiger partial charge >= 0.3 is 0 Å². The predicted molar refractivity (Wildman–Crippen MR) is 62.3 cm³/mol. The van der Waals surface area contributed by atoms with Gasteiger partial charge in [-0.25, -0.2) is 0 Å². The number of hydrogen-bond acceptors (Lipinski definition) is 4. The fourth-order valence-electron chi connectivity index (χ4n) is 1.21. The molecule has 2 rings (SSSR count). The lowest BCUT2D eigenvalue weighted by Gasteiger charge is -2.06. The van der Waals surface area contributed by atoms with Crippen molar-refractivity contribution in [2.45, 2.75) is 4.83 Å². The molecule has 0 amide bonds. The molecule has 0 N–H and O–H groups in total. The summed E-state index contributed by atoms with van der Waals surface area (Å²) < 4.78 is 0. The van der Waals surface area contributed by atoms with E-state index in [1.54, 1.807) is 43.0 Å². The molecule has 0 saturated heterocycles. The SMILES string of the molecule is O=C(c1ccccn1)C(Br)c1cnccn1. The predicted octanol–water partition coefficient (Wildman–Crippen LogP) is 2.19. The van der Waals surface area contributed by atoms with Gasteiger partial charge in [-0.2, -0.15) is 0 Å². The van der Waals surface area contributed by atoms with Gasteiger partial charge in [0.05, 0.1) is 5.69 Å². The number of nitrogens with zero attached hydrogens (tertiary/aromatic N) is 3. The minimum absolute atomic E-state index is 0.124. The Kier molecular flexibility index (Phi) is 3.36. The molecule has 0 aliphatic heterocycles. The third kappa shape index (κ3) is 2.30. The molecule has 2 heterocycles. The van der Waals surface area contributed by atoms with Crippen LogP contribution in [-0.4, -0.2) is 20.7 Å². The Morgan fingerprint density at radius 2 is 2.06 bits per heavy atom. The van der Waals surface area contributed by atoms with Gasteiger partial charge in [-0.3, -0.25) is 19.7 Å². The highest BCUT2D eigenvalue weighted by Crippen LogP contribution is 2.23. The van der Waals surface area contributed by atoms with Gasteiger partial charge in [0.2, 0.25) is 5.78 Å². The van der Waals surface area contributed by atoms with E-state index in [0.717, 1.165) is 0 Å². The van der Waals surface area contributed by atoms with Gasteiger partial charge in [0.25, 0.3) is 0 Å². The van der Waals surface area contributed by atoms with Crippen LogP contribution >= 0.6 is 15.9 Å². The number of hydrogen-bond donors (Lipinski definition) is 0. The van der Waals surface area contributed by atoms with Crippen LogP contribution in [0.15, 0.2) is 43.0 Å². The highest BCUT2D eigenvalue weighted by atomic mass is 79.9. The zero-order valence-electron chi connectivity index (χ0n) is 8.25. The number of pyridine rings is 1. The zero-order chi connectivity index (χ0) is 11.4. The summed E-state index contributed by atoms with van der Waals surface area (Å²) in [6.45, 7) is 0. The van der Waals surface area contributed by atoms with Crippen molar-refractivity contribution in [1.82, 2.24) is 15.0 Å². The van der Waals surface area contributed by atoms with Crippen LogP contribution in [0.3, 0.4) is 0 Å². The first-order valence-corrected chi connectivity index (χ1v) is 5.56. The molecule has 0 bridgehead atoms. The van der Waals surface area contributed by atoms with Crippen LogP contribution in [0.5, 0.6) is 0 Å². The number of carbonyl (C=O) groups is 1. The van der Waals surface area contributed by atoms with Crippen molar-refractivity contribution in [3.63, 3.8) is 0 Å². The van der Waals surface area contributed by atoms with Crippen molar-refractivity contribution in [3.05, 3.63) is 54.4 Å². The normalized spacial score (nSPS) is 12.1. The summed E-state index contributed by atoms with van der Waals surface area (Å²) in [6.07, 6.45) is 6.26. The van der Waals surface area contributed by atoms with E-state index >= 15 is 0 Å². The molecule has 1 atom stereocenters. The quantitative estimate of drug-likeness (QED) is 0.638. The van der Waals surface area contributed by atoms with E-state index in [2.05, 4.69) is 30.9 Å². The molecule has 0 radical (unpaired) electrons. The molecular formula is C11H8BrN3O. The summed E-state index contributed by atoms with van der Waals surface area (Å²) in [5.74, 6) is -0.124. The number of halogens is 1. The van der Waals surface area contributed by atoms with Crippen molar-refractivity contribution in [3.8, 4) is 0 Å². The molecule has 0 spiro atoms. The van der Waals surface area contributed by atoms with Crippen LogP contribution in [0.25, 0.3) is 0 Å². The van der Waals surface area contributed by atoms with Crippen LogP contribution in [0, 0.1) is 0 Å². The third-order valence-electron chi connectivity index (χ3n) is 1.99. The summed E-state index contributed by atoms with van der Waals surface area (Å²) >= 11 is 3.30. The minimum Gasteiger partial charge on any atom is -0.291 e. The number of Topliss-reactive ketones (excluding diaryl/α,β-unsaturated/α-hetero) is 1. The smallest absolute Gasteiger partial charge is 0.200 e. The molecule has 0 fully saturated rings. The first-order chi connectivity index (χ1) is 7.79. The van der Waals surface area contributed by atoms with Crippen LogP contribution in [0.1, 0.15) is 21.0 Å². The van der Waals surface area contributed by atoms with Gasteiger partial charge in [-0.15, -0.1) is 0 Å². The monoisotopic (exact) mass is 277 g/mol. The summed E-state index contributed by atoms with van der Waals surface area (Å²) in [4.78, 5) is 23.4.